The molecule has 0 spiro atoms. The van der Waals surface area contributed by atoms with Crippen LogP contribution in [-0.2, 0) is 15.7 Å². The molecule has 1 atom stereocenters. The highest BCUT2D eigenvalue weighted by atomic mass is 79.9. The molecule has 9 heteroatoms. The van der Waals surface area contributed by atoms with Crippen molar-refractivity contribution in [2.45, 2.75) is 19.2 Å². The SMILES string of the molecule is COc1ccc(Br)c(C(=O)O[C@@H](C)C(=O)Nc2ccc(C(F)(F)F)cc2)c1. The van der Waals surface area contributed by atoms with Gasteiger partial charge in [0.2, 0.25) is 0 Å². The summed E-state index contributed by atoms with van der Waals surface area (Å²) in [5.74, 6) is -0.995. The molecular formula is C18H15BrF3NO4. The zero-order valence-electron chi connectivity index (χ0n) is 14.3. The highest BCUT2D eigenvalue weighted by molar-refractivity contribution is 9.10. The molecule has 27 heavy (non-hydrogen) atoms. The van der Waals surface area contributed by atoms with Crippen LogP contribution in [0, 0.1) is 0 Å². The zero-order chi connectivity index (χ0) is 20.2. The van der Waals surface area contributed by atoms with E-state index in [2.05, 4.69) is 21.2 Å². The smallest absolute Gasteiger partial charge is 0.416 e. The van der Waals surface area contributed by atoms with Crippen LogP contribution in [-0.4, -0.2) is 25.1 Å². The first kappa shape index (κ1) is 20.8. The van der Waals surface area contributed by atoms with Crippen molar-refractivity contribution in [3.05, 3.63) is 58.1 Å². The van der Waals surface area contributed by atoms with Crippen molar-refractivity contribution in [1.29, 1.82) is 0 Å². The molecule has 0 saturated carbocycles. The van der Waals surface area contributed by atoms with Crippen molar-refractivity contribution in [3.63, 3.8) is 0 Å². The van der Waals surface area contributed by atoms with E-state index in [1.165, 1.54) is 20.1 Å². The van der Waals surface area contributed by atoms with Gasteiger partial charge < -0.3 is 14.8 Å². The van der Waals surface area contributed by atoms with Crippen LogP contribution in [0.3, 0.4) is 0 Å². The van der Waals surface area contributed by atoms with Gasteiger partial charge in [0.1, 0.15) is 5.75 Å². The third kappa shape index (κ3) is 5.46. The lowest BCUT2D eigenvalue weighted by Gasteiger charge is -2.15. The largest absolute Gasteiger partial charge is 0.497 e. The van der Waals surface area contributed by atoms with E-state index in [0.717, 1.165) is 24.3 Å². The number of ether oxygens (including phenoxy) is 2. The number of rotatable bonds is 5. The van der Waals surface area contributed by atoms with Crippen molar-refractivity contribution in [1.82, 2.24) is 0 Å². The first-order chi connectivity index (χ1) is 12.6. The molecule has 2 aromatic rings. The quantitative estimate of drug-likeness (QED) is 0.679. The van der Waals surface area contributed by atoms with Crippen LogP contribution in [0.4, 0.5) is 18.9 Å². The number of hydrogen-bond acceptors (Lipinski definition) is 4. The molecule has 0 unspecified atom stereocenters. The van der Waals surface area contributed by atoms with Crippen LogP contribution < -0.4 is 10.1 Å². The van der Waals surface area contributed by atoms with Gasteiger partial charge >= 0.3 is 12.1 Å². The standard InChI is InChI=1S/C18H15BrF3NO4/c1-10(27-17(25)14-9-13(26-2)7-8-15(14)19)16(24)23-12-5-3-11(4-6-12)18(20,21)22/h3-10H,1-2H3,(H,23,24)/t10-/m0/s1. The van der Waals surface area contributed by atoms with Crippen LogP contribution in [0.2, 0.25) is 0 Å². The number of nitrogens with one attached hydrogen (secondary N) is 1. The lowest BCUT2D eigenvalue weighted by molar-refractivity contribution is -0.137. The summed E-state index contributed by atoms with van der Waals surface area (Å²) in [4.78, 5) is 24.4. The first-order valence-corrected chi connectivity index (χ1v) is 8.43. The minimum atomic E-state index is -4.46. The molecule has 0 aliphatic rings. The lowest BCUT2D eigenvalue weighted by atomic mass is 10.2. The van der Waals surface area contributed by atoms with Crippen LogP contribution in [0.15, 0.2) is 46.9 Å². The molecule has 1 amide bonds. The van der Waals surface area contributed by atoms with Gasteiger partial charge in [-0.1, -0.05) is 0 Å². The van der Waals surface area contributed by atoms with Crippen molar-refractivity contribution < 1.29 is 32.2 Å². The van der Waals surface area contributed by atoms with Gasteiger partial charge in [-0.3, -0.25) is 4.79 Å². The van der Waals surface area contributed by atoms with Crippen molar-refractivity contribution in [2.24, 2.45) is 0 Å². The summed E-state index contributed by atoms with van der Waals surface area (Å²) < 4.78 is 48.2. The molecule has 0 radical (unpaired) electrons. The summed E-state index contributed by atoms with van der Waals surface area (Å²) in [6.07, 6.45) is -5.63. The van der Waals surface area contributed by atoms with Crippen LogP contribution in [0.5, 0.6) is 5.75 Å². The number of benzene rings is 2. The number of anilines is 1. The topological polar surface area (TPSA) is 64.6 Å². The van der Waals surface area contributed by atoms with Gasteiger partial charge in [0, 0.05) is 10.2 Å². The third-order valence-corrected chi connectivity index (χ3v) is 4.22. The second kappa shape index (κ2) is 8.43. The first-order valence-electron chi connectivity index (χ1n) is 7.64. The van der Waals surface area contributed by atoms with E-state index in [9.17, 15) is 22.8 Å². The van der Waals surface area contributed by atoms with E-state index in [4.69, 9.17) is 9.47 Å². The number of halogens is 4. The Balaban J connectivity index is 2.02. The molecule has 1 N–H and O–H groups in total. The Labute approximate surface area is 161 Å². The van der Waals surface area contributed by atoms with Gasteiger partial charge in [0.15, 0.2) is 6.10 Å². The average Bonchev–Trinajstić information content (AvgIpc) is 2.61. The molecule has 0 saturated heterocycles. The number of hydrogen-bond donors (Lipinski definition) is 1. The molecule has 144 valence electrons. The van der Waals surface area contributed by atoms with Crippen molar-refractivity contribution in [3.8, 4) is 5.75 Å². The van der Waals surface area contributed by atoms with Crippen molar-refractivity contribution >= 4 is 33.5 Å². The summed E-state index contributed by atoms with van der Waals surface area (Å²) in [6.45, 7) is 1.35. The van der Waals surface area contributed by atoms with Crippen LogP contribution in [0.25, 0.3) is 0 Å². The fourth-order valence-electron chi connectivity index (χ4n) is 2.05. The molecule has 0 aliphatic heterocycles. The van der Waals surface area contributed by atoms with Crippen LogP contribution >= 0.6 is 15.9 Å². The van der Waals surface area contributed by atoms with E-state index in [1.54, 1.807) is 12.1 Å². The van der Waals surface area contributed by atoms with Gasteiger partial charge in [0.05, 0.1) is 18.2 Å². The summed E-state index contributed by atoms with van der Waals surface area (Å²) in [5.41, 5.74) is -0.509. The monoisotopic (exact) mass is 445 g/mol. The Hall–Kier alpha value is -2.55. The van der Waals surface area contributed by atoms with E-state index in [1.807, 2.05) is 0 Å². The zero-order valence-corrected chi connectivity index (χ0v) is 15.8. The van der Waals surface area contributed by atoms with Gasteiger partial charge in [0.25, 0.3) is 5.91 Å². The Morgan fingerprint density at radius 3 is 2.30 bits per heavy atom. The Morgan fingerprint density at radius 1 is 1.11 bits per heavy atom. The molecule has 2 rings (SSSR count). The minimum Gasteiger partial charge on any atom is -0.497 e. The van der Waals surface area contributed by atoms with Crippen molar-refractivity contribution in [2.75, 3.05) is 12.4 Å². The minimum absolute atomic E-state index is 0.151. The van der Waals surface area contributed by atoms with Gasteiger partial charge in [-0.25, -0.2) is 4.79 Å². The predicted molar refractivity (Wildman–Crippen MR) is 95.6 cm³/mol. The Morgan fingerprint density at radius 2 is 1.74 bits per heavy atom. The van der Waals surface area contributed by atoms with E-state index < -0.39 is 29.7 Å². The Bertz CT molecular complexity index is 837. The van der Waals surface area contributed by atoms with Gasteiger partial charge in [-0.05, 0) is 65.3 Å². The number of carbonyl (C=O) groups is 2. The van der Waals surface area contributed by atoms with E-state index >= 15 is 0 Å². The maximum absolute atomic E-state index is 12.5. The Kier molecular flexibility index (Phi) is 6.48. The number of carbonyl (C=O) groups excluding carboxylic acids is 2. The molecule has 2 aromatic carbocycles. The molecule has 0 aliphatic carbocycles. The summed E-state index contributed by atoms with van der Waals surface area (Å²) in [6, 6.07) is 8.62. The fraction of sp³-hybridized carbons (Fsp3) is 0.222. The summed E-state index contributed by atoms with van der Waals surface area (Å²) >= 11 is 3.21. The number of esters is 1. The molecule has 0 fully saturated rings. The highest BCUT2D eigenvalue weighted by Gasteiger charge is 2.30. The fourth-order valence-corrected chi connectivity index (χ4v) is 2.46. The molecule has 0 aromatic heterocycles. The second-order valence-corrected chi connectivity index (χ2v) is 6.31. The lowest BCUT2D eigenvalue weighted by Crippen LogP contribution is -2.30. The van der Waals surface area contributed by atoms with Crippen LogP contribution in [0.1, 0.15) is 22.8 Å². The highest BCUT2D eigenvalue weighted by Crippen LogP contribution is 2.30. The maximum atomic E-state index is 12.5. The number of alkyl halides is 3. The van der Waals surface area contributed by atoms with E-state index in [-0.39, 0.29) is 11.3 Å². The molecular weight excluding hydrogens is 431 g/mol. The molecule has 5 nitrogen and oxygen atoms in total. The summed E-state index contributed by atoms with van der Waals surface area (Å²) in [5, 5.41) is 2.39. The van der Waals surface area contributed by atoms with E-state index in [0.29, 0.717) is 10.2 Å². The predicted octanol–water partition coefficient (Wildman–Crippen LogP) is 4.66. The average molecular weight is 446 g/mol. The number of amides is 1. The number of methoxy groups -OCH3 is 1. The maximum Gasteiger partial charge on any atom is 0.416 e. The summed E-state index contributed by atoms with van der Waals surface area (Å²) in [7, 11) is 1.44. The molecule has 0 heterocycles. The normalized spacial score (nSPS) is 12.2. The third-order valence-electron chi connectivity index (χ3n) is 3.53. The van der Waals surface area contributed by atoms with Gasteiger partial charge in [-0.15, -0.1) is 0 Å². The van der Waals surface area contributed by atoms with Gasteiger partial charge in [-0.2, -0.15) is 13.2 Å². The second-order valence-electron chi connectivity index (χ2n) is 5.46. The molecule has 0 bridgehead atoms.